The number of nitrogens with two attached hydrogens (primary N) is 2. The highest BCUT2D eigenvalue weighted by Gasteiger charge is 2.36. The first kappa shape index (κ1) is 45.6. The molecule has 0 spiro atoms. The minimum absolute atomic E-state index is 0. The Kier molecular flexibility index (Phi) is 20.4. The summed E-state index contributed by atoms with van der Waals surface area (Å²) < 4.78 is 0. The van der Waals surface area contributed by atoms with Gasteiger partial charge in [0.05, 0.1) is 6.04 Å². The van der Waals surface area contributed by atoms with Crippen molar-refractivity contribution >= 4 is 29.9 Å². The molecule has 292 valence electrons. The van der Waals surface area contributed by atoms with Crippen LogP contribution in [0, 0.1) is 47.3 Å². The van der Waals surface area contributed by atoms with Crippen molar-refractivity contribution in [3.05, 3.63) is 71.8 Å². The van der Waals surface area contributed by atoms with Crippen molar-refractivity contribution in [2.45, 2.75) is 144 Å². The number of ketones is 2. The molecular weight excluding hydrogens is 666 g/mol. The van der Waals surface area contributed by atoms with Gasteiger partial charge in [-0.25, -0.2) is 0 Å². The Bertz CT molecular complexity index is 1320. The van der Waals surface area contributed by atoms with Gasteiger partial charge >= 0.3 is 0 Å². The Hall–Kier alpha value is -2.54. The van der Waals surface area contributed by atoms with E-state index in [4.69, 9.17) is 11.5 Å². The van der Waals surface area contributed by atoms with Crippen LogP contribution in [0.1, 0.15) is 124 Å². The van der Waals surface area contributed by atoms with Crippen molar-refractivity contribution in [2.75, 3.05) is 0 Å². The summed E-state index contributed by atoms with van der Waals surface area (Å²) in [6, 6.07) is 19.9. The fourth-order valence-electron chi connectivity index (χ4n) is 8.64. The van der Waals surface area contributed by atoms with Gasteiger partial charge in [0.1, 0.15) is 11.6 Å². The number of hydrogen-bond acceptors (Lipinski definition) is 5. The maximum absolute atomic E-state index is 13.1. The first-order valence-electron chi connectivity index (χ1n) is 20.2. The van der Waals surface area contributed by atoms with Crippen LogP contribution in [0.15, 0.2) is 60.7 Å². The quantitative estimate of drug-likeness (QED) is 0.159. The summed E-state index contributed by atoms with van der Waals surface area (Å²) in [6.45, 7) is 15.3. The standard InChI is InChI=1S/C24H38N2O2.C21H33NO.ClH/c1-16(2)21-12-10-17(3)14-22(21)23(27)13-11-20(26-24(28)18(4)25)15-19-8-6-5-7-9-19;1-15(2)19-11-9-16(3)13-20(19)21(23)12-10-18(22)14-17-7-5-4-6-8-17;/h5-9,16-18,20-22H,10-15,25H2,1-4H3,(H,26,28);4-8,15-16,18-20H,9-14,22H2,1-3H3;1H/t17-,18-,20-,21+,22-;16-,18-,19+,20-;/m11./s1. The lowest BCUT2D eigenvalue weighted by Crippen LogP contribution is -2.45. The highest BCUT2D eigenvalue weighted by molar-refractivity contribution is 5.85. The third-order valence-electron chi connectivity index (χ3n) is 11.8. The molecular formula is C45H72ClN3O3. The van der Waals surface area contributed by atoms with Crippen molar-refractivity contribution in [1.29, 1.82) is 0 Å². The SMILES string of the molecule is CC(C)[C@@H]1CC[C@@H](C)C[C@H]1C(=O)CC[C@@H](N)Cc1ccccc1.CC(C)[C@@H]1CC[C@@H](C)C[C@H]1C(=O)CC[C@H](Cc1ccccc1)NC(=O)[C@@H](C)N.Cl. The molecule has 2 aliphatic carbocycles. The monoisotopic (exact) mass is 738 g/mol. The van der Waals surface area contributed by atoms with Gasteiger partial charge in [0.15, 0.2) is 0 Å². The third kappa shape index (κ3) is 15.4. The second-order valence-corrected chi connectivity index (χ2v) is 17.0. The largest absolute Gasteiger partial charge is 0.352 e. The zero-order chi connectivity index (χ0) is 37.5. The molecule has 1 amide bonds. The minimum atomic E-state index is -0.543. The van der Waals surface area contributed by atoms with Gasteiger partial charge in [-0.15, -0.1) is 12.4 Å². The van der Waals surface area contributed by atoms with E-state index in [1.807, 2.05) is 36.4 Å². The topological polar surface area (TPSA) is 115 Å². The molecule has 5 N–H and O–H groups in total. The normalized spacial score (nSPS) is 24.8. The Morgan fingerprint density at radius 2 is 1.08 bits per heavy atom. The smallest absolute Gasteiger partial charge is 0.236 e. The molecule has 9 atom stereocenters. The van der Waals surface area contributed by atoms with Gasteiger partial charge in [-0.2, -0.15) is 0 Å². The molecule has 2 aromatic rings. The lowest BCUT2D eigenvalue weighted by atomic mass is 9.68. The zero-order valence-electron chi connectivity index (χ0n) is 33.4. The van der Waals surface area contributed by atoms with Crippen LogP contribution in [-0.4, -0.2) is 35.6 Å². The highest BCUT2D eigenvalue weighted by Crippen LogP contribution is 2.40. The second-order valence-electron chi connectivity index (χ2n) is 17.0. The van der Waals surface area contributed by atoms with Crippen molar-refractivity contribution in [3.63, 3.8) is 0 Å². The summed E-state index contributed by atoms with van der Waals surface area (Å²) in [4.78, 5) is 38.0. The van der Waals surface area contributed by atoms with Gasteiger partial charge in [-0.1, -0.05) is 115 Å². The second kappa shape index (κ2) is 23.3. The average Bonchev–Trinajstić information content (AvgIpc) is 3.10. The van der Waals surface area contributed by atoms with E-state index in [0.717, 1.165) is 44.1 Å². The summed E-state index contributed by atoms with van der Waals surface area (Å²) in [5.41, 5.74) is 14.4. The molecule has 0 radical (unpaired) electrons. The van der Waals surface area contributed by atoms with Crippen molar-refractivity contribution in [1.82, 2.24) is 5.32 Å². The number of halogens is 1. The summed E-state index contributed by atoms with van der Waals surface area (Å²) in [5, 5.41) is 3.05. The highest BCUT2D eigenvalue weighted by atomic mass is 35.5. The van der Waals surface area contributed by atoms with Crippen molar-refractivity contribution in [3.8, 4) is 0 Å². The maximum atomic E-state index is 13.1. The lowest BCUT2D eigenvalue weighted by molar-refractivity contribution is -0.128. The maximum Gasteiger partial charge on any atom is 0.236 e. The first-order valence-corrected chi connectivity index (χ1v) is 20.2. The number of carbonyl (C=O) groups excluding carboxylic acids is 3. The van der Waals surface area contributed by atoms with E-state index in [2.05, 4.69) is 71.1 Å². The van der Waals surface area contributed by atoms with Crippen LogP contribution in [0.3, 0.4) is 0 Å². The lowest BCUT2D eigenvalue weighted by Gasteiger charge is -2.36. The van der Waals surface area contributed by atoms with E-state index < -0.39 is 6.04 Å². The number of hydrogen-bond donors (Lipinski definition) is 3. The number of rotatable bonds is 16. The Balaban J connectivity index is 0.000000360. The zero-order valence-corrected chi connectivity index (χ0v) is 34.2. The van der Waals surface area contributed by atoms with E-state index in [1.165, 1.54) is 24.8 Å². The molecule has 0 aliphatic heterocycles. The van der Waals surface area contributed by atoms with E-state index >= 15 is 0 Å². The number of amides is 1. The first-order chi connectivity index (χ1) is 24.2. The van der Waals surface area contributed by atoms with Crippen LogP contribution in [0.4, 0.5) is 0 Å². The number of Topliss-reactive ketones (excluding diaryl/α,β-unsaturated/α-hetero) is 2. The summed E-state index contributed by atoms with van der Waals surface area (Å²) in [6.07, 6.45) is 11.2. The van der Waals surface area contributed by atoms with Crippen LogP contribution in [0.2, 0.25) is 0 Å². The van der Waals surface area contributed by atoms with Crippen LogP contribution in [0.5, 0.6) is 0 Å². The Labute approximate surface area is 322 Å². The average molecular weight is 739 g/mol. The minimum Gasteiger partial charge on any atom is -0.352 e. The summed E-state index contributed by atoms with van der Waals surface area (Å²) in [7, 11) is 0. The molecule has 2 aliphatic rings. The number of nitrogens with one attached hydrogen (secondary N) is 1. The van der Waals surface area contributed by atoms with E-state index in [9.17, 15) is 14.4 Å². The fraction of sp³-hybridized carbons (Fsp3) is 0.667. The summed E-state index contributed by atoms with van der Waals surface area (Å²) >= 11 is 0. The molecule has 4 rings (SSSR count). The van der Waals surface area contributed by atoms with Gasteiger partial charge in [0, 0.05) is 36.8 Å². The van der Waals surface area contributed by atoms with Crippen LogP contribution >= 0.6 is 12.4 Å². The van der Waals surface area contributed by atoms with Crippen molar-refractivity contribution < 1.29 is 14.4 Å². The van der Waals surface area contributed by atoms with Gasteiger partial charge in [-0.3, -0.25) is 14.4 Å². The molecule has 52 heavy (non-hydrogen) atoms. The van der Waals surface area contributed by atoms with Crippen molar-refractivity contribution in [2.24, 2.45) is 58.8 Å². The van der Waals surface area contributed by atoms with Gasteiger partial charge in [0.25, 0.3) is 0 Å². The third-order valence-corrected chi connectivity index (χ3v) is 11.8. The number of carbonyl (C=O) groups is 3. The molecule has 0 unspecified atom stereocenters. The van der Waals surface area contributed by atoms with Crippen LogP contribution < -0.4 is 16.8 Å². The Morgan fingerprint density at radius 1 is 0.654 bits per heavy atom. The molecule has 7 heteroatoms. The predicted octanol–water partition coefficient (Wildman–Crippen LogP) is 9.15. The number of benzene rings is 2. The van der Waals surface area contributed by atoms with Gasteiger partial charge in [-0.05, 0) is 105 Å². The molecule has 6 nitrogen and oxygen atoms in total. The fourth-order valence-corrected chi connectivity index (χ4v) is 8.64. The molecule has 2 saturated carbocycles. The molecule has 0 bridgehead atoms. The molecule has 0 aromatic heterocycles. The summed E-state index contributed by atoms with van der Waals surface area (Å²) in [5.74, 6) is 4.65. The molecule has 0 saturated heterocycles. The van der Waals surface area contributed by atoms with Crippen LogP contribution in [0.25, 0.3) is 0 Å². The molecule has 2 fully saturated rings. The van der Waals surface area contributed by atoms with Gasteiger partial charge < -0.3 is 16.8 Å². The van der Waals surface area contributed by atoms with E-state index in [-0.39, 0.29) is 42.2 Å². The van der Waals surface area contributed by atoms with Gasteiger partial charge in [0.2, 0.25) is 5.91 Å². The Morgan fingerprint density at radius 3 is 1.50 bits per heavy atom. The van der Waals surface area contributed by atoms with E-state index in [0.29, 0.717) is 66.3 Å². The molecule has 2 aromatic carbocycles. The molecule has 0 heterocycles. The van der Waals surface area contributed by atoms with E-state index in [1.54, 1.807) is 6.92 Å². The predicted molar refractivity (Wildman–Crippen MR) is 219 cm³/mol. The van der Waals surface area contributed by atoms with Crippen LogP contribution in [-0.2, 0) is 27.2 Å².